The summed E-state index contributed by atoms with van der Waals surface area (Å²) >= 11 is 4.99. The largest absolute Gasteiger partial charge is 0.477 e. The van der Waals surface area contributed by atoms with Crippen molar-refractivity contribution >= 4 is 29.9 Å². The fourth-order valence-electron chi connectivity index (χ4n) is 0.581. The number of aromatic carboxylic acids is 1. The molecule has 0 aromatic carbocycles. The number of hydrogen-bond donors (Lipinski definition) is 2. The van der Waals surface area contributed by atoms with E-state index in [9.17, 15) is 4.79 Å². The van der Waals surface area contributed by atoms with E-state index >= 15 is 0 Å². The van der Waals surface area contributed by atoms with E-state index in [2.05, 4.69) is 17.6 Å². The number of rotatable bonds is 1. The second kappa shape index (κ2) is 2.59. The Labute approximate surface area is 67.1 Å². The van der Waals surface area contributed by atoms with Crippen molar-refractivity contribution in [1.29, 1.82) is 0 Å². The molecule has 0 bridgehead atoms. The summed E-state index contributed by atoms with van der Waals surface area (Å²) in [6, 6.07) is 0. The van der Waals surface area contributed by atoms with Crippen molar-refractivity contribution in [3.8, 4) is 0 Å². The zero-order valence-corrected chi connectivity index (χ0v) is 6.87. The van der Waals surface area contributed by atoms with Crippen LogP contribution in [-0.2, 0) is 0 Å². The summed E-state index contributed by atoms with van der Waals surface area (Å²) in [5, 5.41) is 8.52. The smallest absolute Gasteiger partial charge is 0.347 e. The molecule has 0 saturated carbocycles. The average molecular weight is 175 g/mol. The second-order valence-corrected chi connectivity index (χ2v) is 3.44. The number of aromatic nitrogens is 1. The molecule has 0 aliphatic heterocycles. The summed E-state index contributed by atoms with van der Waals surface area (Å²) in [5.74, 6) is -0.935. The molecule has 0 radical (unpaired) electrons. The van der Waals surface area contributed by atoms with Gasteiger partial charge in [-0.15, -0.1) is 24.0 Å². The van der Waals surface area contributed by atoms with Gasteiger partial charge >= 0.3 is 5.97 Å². The molecule has 5 heteroatoms. The molecule has 1 N–H and O–H groups in total. The Kier molecular flexibility index (Phi) is 1.96. The van der Waals surface area contributed by atoms with Gasteiger partial charge in [-0.1, -0.05) is 0 Å². The van der Waals surface area contributed by atoms with Gasteiger partial charge in [0.15, 0.2) is 0 Å². The lowest BCUT2D eigenvalue weighted by molar-refractivity contribution is 0.0701. The number of carboxylic acids is 1. The van der Waals surface area contributed by atoms with Gasteiger partial charge in [-0.2, -0.15) is 0 Å². The van der Waals surface area contributed by atoms with Gasteiger partial charge in [0.1, 0.15) is 9.22 Å². The zero-order chi connectivity index (χ0) is 7.72. The molecule has 0 aliphatic carbocycles. The Morgan fingerprint density at radius 3 is 2.60 bits per heavy atom. The Hall–Kier alpha value is -0.550. The van der Waals surface area contributed by atoms with E-state index < -0.39 is 5.97 Å². The molecule has 1 rings (SSSR count). The molecule has 0 fully saturated rings. The van der Waals surface area contributed by atoms with Crippen LogP contribution in [0.25, 0.3) is 0 Å². The molecular weight excluding hydrogens is 170 g/mol. The van der Waals surface area contributed by atoms with Crippen LogP contribution in [-0.4, -0.2) is 16.1 Å². The van der Waals surface area contributed by atoms with Crippen LogP contribution in [0.5, 0.6) is 0 Å². The van der Waals surface area contributed by atoms with Gasteiger partial charge in [0.05, 0.1) is 5.69 Å². The lowest BCUT2D eigenvalue weighted by Gasteiger charge is -1.84. The summed E-state index contributed by atoms with van der Waals surface area (Å²) in [5.41, 5.74) is 0.530. The van der Waals surface area contributed by atoms with Crippen LogP contribution in [0.3, 0.4) is 0 Å². The van der Waals surface area contributed by atoms with Crippen molar-refractivity contribution in [2.45, 2.75) is 11.3 Å². The first-order valence-corrected chi connectivity index (χ1v) is 3.77. The molecule has 10 heavy (non-hydrogen) atoms. The number of thiol groups is 1. The van der Waals surface area contributed by atoms with Gasteiger partial charge in [0.25, 0.3) is 0 Å². The normalized spacial score (nSPS) is 9.80. The van der Waals surface area contributed by atoms with Gasteiger partial charge in [0.2, 0.25) is 0 Å². The summed E-state index contributed by atoms with van der Waals surface area (Å²) in [7, 11) is 0. The van der Waals surface area contributed by atoms with E-state index in [1.807, 2.05) is 0 Å². The Morgan fingerprint density at radius 1 is 1.80 bits per heavy atom. The standard InChI is InChI=1S/C5H5NO2S2/c1-2-3(4(7)8)10-5(9)6-2/h1H3,(H,6,9)(H,7,8). The van der Waals surface area contributed by atoms with Gasteiger partial charge in [-0.3, -0.25) is 0 Å². The highest BCUT2D eigenvalue weighted by molar-refractivity contribution is 7.82. The number of hydrogen-bond acceptors (Lipinski definition) is 4. The van der Waals surface area contributed by atoms with Crippen LogP contribution in [0.4, 0.5) is 0 Å². The van der Waals surface area contributed by atoms with Gasteiger partial charge in [0, 0.05) is 0 Å². The Morgan fingerprint density at radius 2 is 2.40 bits per heavy atom. The Bertz CT molecular complexity index is 269. The molecule has 0 unspecified atom stereocenters. The average Bonchev–Trinajstić information content (AvgIpc) is 2.10. The highest BCUT2D eigenvalue weighted by Gasteiger charge is 2.11. The molecule has 0 amide bonds. The number of nitrogens with zero attached hydrogens (tertiary/aromatic N) is 1. The zero-order valence-electron chi connectivity index (χ0n) is 5.16. The third-order valence-electron chi connectivity index (χ3n) is 0.980. The van der Waals surface area contributed by atoms with E-state index in [0.29, 0.717) is 10.0 Å². The highest BCUT2D eigenvalue weighted by Crippen LogP contribution is 2.20. The third-order valence-corrected chi connectivity index (χ3v) is 2.30. The summed E-state index contributed by atoms with van der Waals surface area (Å²) in [4.78, 5) is 14.5. The third kappa shape index (κ3) is 1.30. The first kappa shape index (κ1) is 7.56. The molecule has 54 valence electrons. The molecule has 1 heterocycles. The molecule has 1 aromatic heterocycles. The highest BCUT2D eigenvalue weighted by atomic mass is 32.2. The molecule has 0 aliphatic rings. The second-order valence-electron chi connectivity index (χ2n) is 1.72. The van der Waals surface area contributed by atoms with E-state index in [4.69, 9.17) is 5.11 Å². The topological polar surface area (TPSA) is 50.2 Å². The number of thiazole rings is 1. The van der Waals surface area contributed by atoms with Crippen LogP contribution < -0.4 is 0 Å². The predicted octanol–water partition coefficient (Wildman–Crippen LogP) is 1.44. The van der Waals surface area contributed by atoms with Crippen LogP contribution in [0.2, 0.25) is 0 Å². The molecule has 0 spiro atoms. The van der Waals surface area contributed by atoms with Gasteiger partial charge in [-0.05, 0) is 6.92 Å². The van der Waals surface area contributed by atoms with E-state index in [1.165, 1.54) is 0 Å². The Balaban J connectivity index is 3.15. The molecule has 1 aromatic rings. The van der Waals surface area contributed by atoms with Crippen molar-refractivity contribution in [2.24, 2.45) is 0 Å². The van der Waals surface area contributed by atoms with Crippen LogP contribution in [0.1, 0.15) is 15.4 Å². The number of aryl methyl sites for hydroxylation is 1. The predicted molar refractivity (Wildman–Crippen MR) is 41.1 cm³/mol. The van der Waals surface area contributed by atoms with Gasteiger partial charge < -0.3 is 5.11 Å². The van der Waals surface area contributed by atoms with Crippen LogP contribution in [0.15, 0.2) is 4.34 Å². The van der Waals surface area contributed by atoms with Crippen molar-refractivity contribution in [2.75, 3.05) is 0 Å². The summed E-state index contributed by atoms with van der Waals surface area (Å²) in [6.45, 7) is 1.65. The van der Waals surface area contributed by atoms with E-state index in [0.717, 1.165) is 11.3 Å². The monoisotopic (exact) mass is 175 g/mol. The fourth-order valence-corrected chi connectivity index (χ4v) is 1.65. The minimum Gasteiger partial charge on any atom is -0.477 e. The molecule has 0 saturated heterocycles. The maximum absolute atomic E-state index is 10.4. The lowest BCUT2D eigenvalue weighted by atomic mass is 10.4. The van der Waals surface area contributed by atoms with E-state index in [1.54, 1.807) is 6.92 Å². The van der Waals surface area contributed by atoms with Crippen molar-refractivity contribution in [3.63, 3.8) is 0 Å². The fraction of sp³-hybridized carbons (Fsp3) is 0.200. The summed E-state index contributed by atoms with van der Waals surface area (Å²) in [6.07, 6.45) is 0. The van der Waals surface area contributed by atoms with Crippen LogP contribution in [0, 0.1) is 6.92 Å². The van der Waals surface area contributed by atoms with Crippen molar-refractivity contribution in [3.05, 3.63) is 10.6 Å². The number of carbonyl (C=O) groups is 1. The maximum atomic E-state index is 10.4. The van der Waals surface area contributed by atoms with Gasteiger partial charge in [-0.25, -0.2) is 9.78 Å². The minimum atomic E-state index is -0.935. The maximum Gasteiger partial charge on any atom is 0.347 e. The van der Waals surface area contributed by atoms with Crippen LogP contribution >= 0.6 is 24.0 Å². The summed E-state index contributed by atoms with van der Waals surface area (Å²) < 4.78 is 0.495. The quantitative estimate of drug-likeness (QED) is 0.635. The molecular formula is C5H5NO2S2. The van der Waals surface area contributed by atoms with Crippen molar-refractivity contribution in [1.82, 2.24) is 4.98 Å². The first-order chi connectivity index (χ1) is 4.61. The SMILES string of the molecule is Cc1nc(S)sc1C(=O)O. The first-order valence-electron chi connectivity index (χ1n) is 2.51. The van der Waals surface area contributed by atoms with Crippen molar-refractivity contribution < 1.29 is 9.90 Å². The number of carboxylic acid groups (broad SMARTS) is 1. The lowest BCUT2D eigenvalue weighted by Crippen LogP contribution is -1.94. The molecule has 3 nitrogen and oxygen atoms in total. The van der Waals surface area contributed by atoms with E-state index in [-0.39, 0.29) is 4.88 Å². The molecule has 0 atom stereocenters. The minimum absolute atomic E-state index is 0.269.